The highest BCUT2D eigenvalue weighted by Gasteiger charge is 2.54. The Morgan fingerprint density at radius 2 is 2.22 bits per heavy atom. The lowest BCUT2D eigenvalue weighted by Gasteiger charge is -2.18. The summed E-state index contributed by atoms with van der Waals surface area (Å²) in [5.74, 6) is 0.967. The molecule has 1 atom stereocenters. The number of hydrogen-bond donors (Lipinski definition) is 0. The van der Waals surface area contributed by atoms with Crippen molar-refractivity contribution in [1.82, 2.24) is 3.11 Å². The van der Waals surface area contributed by atoms with E-state index >= 15 is 0 Å². The molecule has 9 heavy (non-hydrogen) atoms. The minimum atomic E-state index is 0.681. The molecule has 1 aliphatic heterocycles. The third-order valence-corrected chi connectivity index (χ3v) is 4.36. The van der Waals surface area contributed by atoms with Crippen LogP contribution >= 0.6 is 22.9 Å². The number of hydrogen-bond acceptors (Lipinski definition) is 1. The minimum Gasteiger partial charge on any atom is -0.241 e. The highest BCUT2D eigenvalue weighted by molar-refractivity contribution is 14.1. The zero-order valence-electron chi connectivity index (χ0n) is 5.73. The van der Waals surface area contributed by atoms with E-state index in [1.165, 1.54) is 25.8 Å². The number of halogens is 1. The van der Waals surface area contributed by atoms with Gasteiger partial charge in [-0.1, -0.05) is 6.92 Å². The van der Waals surface area contributed by atoms with Gasteiger partial charge < -0.3 is 0 Å². The second-order valence-corrected chi connectivity index (χ2v) is 4.54. The fraction of sp³-hybridized carbons (Fsp3) is 1.00. The standard InChI is InChI=1S/C7H12IN/c1-6-2-5-9(8)7(6)3-4-7/h6H,2-5H2,1H3/t6-/m1/s1. The molecule has 2 aliphatic rings. The van der Waals surface area contributed by atoms with E-state index in [1.54, 1.807) is 0 Å². The van der Waals surface area contributed by atoms with Gasteiger partial charge in [-0.3, -0.25) is 0 Å². The predicted molar refractivity (Wildman–Crippen MR) is 46.5 cm³/mol. The normalized spacial score (nSPS) is 40.0. The van der Waals surface area contributed by atoms with Crippen molar-refractivity contribution in [3.63, 3.8) is 0 Å². The fourth-order valence-electron chi connectivity index (χ4n) is 1.90. The van der Waals surface area contributed by atoms with Gasteiger partial charge >= 0.3 is 0 Å². The zero-order chi connectivity index (χ0) is 6.48. The molecule has 0 bridgehead atoms. The Morgan fingerprint density at radius 1 is 1.56 bits per heavy atom. The van der Waals surface area contributed by atoms with Crippen LogP contribution in [-0.4, -0.2) is 15.2 Å². The molecule has 0 N–H and O–H groups in total. The maximum Gasteiger partial charge on any atom is 0.0332 e. The Morgan fingerprint density at radius 3 is 2.44 bits per heavy atom. The molecule has 1 nitrogen and oxygen atoms in total. The van der Waals surface area contributed by atoms with Crippen LogP contribution in [0.5, 0.6) is 0 Å². The zero-order valence-corrected chi connectivity index (χ0v) is 7.89. The van der Waals surface area contributed by atoms with Gasteiger partial charge in [0.1, 0.15) is 0 Å². The number of nitrogens with zero attached hydrogens (tertiary/aromatic N) is 1. The van der Waals surface area contributed by atoms with Gasteiger partial charge in [0, 0.05) is 34.9 Å². The van der Waals surface area contributed by atoms with Crippen LogP contribution < -0.4 is 0 Å². The lowest BCUT2D eigenvalue weighted by molar-refractivity contribution is 0.381. The van der Waals surface area contributed by atoms with E-state index in [2.05, 4.69) is 32.9 Å². The van der Waals surface area contributed by atoms with Crippen molar-refractivity contribution in [3.8, 4) is 0 Å². The fourth-order valence-corrected chi connectivity index (χ4v) is 3.14. The van der Waals surface area contributed by atoms with Crippen molar-refractivity contribution in [3.05, 3.63) is 0 Å². The minimum absolute atomic E-state index is 0.681. The Balaban J connectivity index is 2.17. The lowest BCUT2D eigenvalue weighted by atomic mass is 10.0. The summed E-state index contributed by atoms with van der Waals surface area (Å²) in [5, 5.41) is 0. The maximum absolute atomic E-state index is 2.52. The van der Waals surface area contributed by atoms with Gasteiger partial charge in [0.05, 0.1) is 0 Å². The summed E-state index contributed by atoms with van der Waals surface area (Å²) in [6.07, 6.45) is 4.33. The molecule has 0 radical (unpaired) electrons. The van der Waals surface area contributed by atoms with Gasteiger partial charge in [-0.15, -0.1) is 0 Å². The van der Waals surface area contributed by atoms with E-state index in [4.69, 9.17) is 0 Å². The smallest absolute Gasteiger partial charge is 0.0332 e. The van der Waals surface area contributed by atoms with Gasteiger partial charge in [-0.2, -0.15) is 0 Å². The Bertz CT molecular complexity index is 119. The summed E-state index contributed by atoms with van der Waals surface area (Å²) < 4.78 is 2.52. The molecular weight excluding hydrogens is 225 g/mol. The van der Waals surface area contributed by atoms with Crippen molar-refractivity contribution in [2.24, 2.45) is 5.92 Å². The average molecular weight is 237 g/mol. The van der Waals surface area contributed by atoms with Crippen molar-refractivity contribution in [1.29, 1.82) is 0 Å². The van der Waals surface area contributed by atoms with E-state index < -0.39 is 0 Å². The Kier molecular flexibility index (Phi) is 1.31. The summed E-state index contributed by atoms with van der Waals surface area (Å²) in [5.41, 5.74) is 0.681. The van der Waals surface area contributed by atoms with Gasteiger partial charge in [0.25, 0.3) is 0 Å². The topological polar surface area (TPSA) is 3.24 Å². The van der Waals surface area contributed by atoms with Crippen LogP contribution in [0.4, 0.5) is 0 Å². The quantitative estimate of drug-likeness (QED) is 0.461. The molecular formula is C7H12IN. The molecule has 0 aromatic rings. The van der Waals surface area contributed by atoms with E-state index in [0.29, 0.717) is 5.54 Å². The van der Waals surface area contributed by atoms with Crippen LogP contribution in [0.1, 0.15) is 26.2 Å². The Labute approximate surface area is 70.3 Å². The van der Waals surface area contributed by atoms with Crippen LogP contribution in [0, 0.1) is 5.92 Å². The van der Waals surface area contributed by atoms with Gasteiger partial charge in [-0.05, 0) is 25.2 Å². The second-order valence-electron chi connectivity index (χ2n) is 3.38. The molecule has 0 aromatic carbocycles. The van der Waals surface area contributed by atoms with E-state index in [9.17, 15) is 0 Å². The molecule has 0 aromatic heterocycles. The van der Waals surface area contributed by atoms with Crippen molar-refractivity contribution in [2.75, 3.05) is 6.54 Å². The maximum atomic E-state index is 2.52. The molecule has 2 rings (SSSR count). The molecule has 2 heteroatoms. The third kappa shape index (κ3) is 0.755. The molecule has 0 unspecified atom stereocenters. The van der Waals surface area contributed by atoms with Crippen LogP contribution in [0.15, 0.2) is 0 Å². The molecule has 1 aliphatic carbocycles. The van der Waals surface area contributed by atoms with Gasteiger partial charge in [0.2, 0.25) is 0 Å². The third-order valence-electron chi connectivity index (χ3n) is 2.92. The van der Waals surface area contributed by atoms with E-state index in [0.717, 1.165) is 5.92 Å². The van der Waals surface area contributed by atoms with E-state index in [-0.39, 0.29) is 0 Å². The monoisotopic (exact) mass is 237 g/mol. The molecule has 1 heterocycles. The van der Waals surface area contributed by atoms with Crippen LogP contribution in [0.2, 0.25) is 0 Å². The second kappa shape index (κ2) is 1.84. The predicted octanol–water partition coefficient (Wildman–Crippen LogP) is 2.21. The van der Waals surface area contributed by atoms with Crippen molar-refractivity contribution >= 4 is 22.9 Å². The molecule has 1 spiro atoms. The Hall–Kier alpha value is 0.690. The first kappa shape index (κ1) is 6.40. The van der Waals surface area contributed by atoms with Crippen LogP contribution in [-0.2, 0) is 0 Å². The largest absolute Gasteiger partial charge is 0.241 e. The average Bonchev–Trinajstić information content (AvgIpc) is 2.56. The summed E-state index contributed by atoms with van der Waals surface area (Å²) in [7, 11) is 0. The number of rotatable bonds is 0. The molecule has 52 valence electrons. The molecule has 1 saturated carbocycles. The molecule has 1 saturated heterocycles. The SMILES string of the molecule is C[C@@H]1CCN(I)C12CC2. The summed E-state index contributed by atoms with van der Waals surface area (Å²) >= 11 is 2.49. The summed E-state index contributed by atoms with van der Waals surface area (Å²) in [4.78, 5) is 0. The van der Waals surface area contributed by atoms with Crippen LogP contribution in [0.25, 0.3) is 0 Å². The van der Waals surface area contributed by atoms with Gasteiger partial charge in [0.15, 0.2) is 0 Å². The molecule has 0 amide bonds. The summed E-state index contributed by atoms with van der Waals surface area (Å²) in [6.45, 7) is 3.72. The molecule has 2 fully saturated rings. The van der Waals surface area contributed by atoms with Crippen molar-refractivity contribution in [2.45, 2.75) is 31.7 Å². The highest BCUT2D eigenvalue weighted by Crippen LogP contribution is 2.54. The lowest BCUT2D eigenvalue weighted by Crippen LogP contribution is -2.25. The van der Waals surface area contributed by atoms with Crippen molar-refractivity contribution < 1.29 is 0 Å². The summed E-state index contributed by atoms with van der Waals surface area (Å²) in [6, 6.07) is 0. The van der Waals surface area contributed by atoms with Gasteiger partial charge in [-0.25, -0.2) is 3.11 Å². The first-order valence-corrected chi connectivity index (χ1v) is 4.66. The van der Waals surface area contributed by atoms with Crippen LogP contribution in [0.3, 0.4) is 0 Å². The first-order valence-electron chi connectivity index (χ1n) is 3.69. The highest BCUT2D eigenvalue weighted by atomic mass is 127. The van der Waals surface area contributed by atoms with E-state index in [1.807, 2.05) is 0 Å². The first-order chi connectivity index (χ1) is 4.26.